The van der Waals surface area contributed by atoms with Gasteiger partial charge >= 0.3 is 0 Å². The molecule has 0 aromatic rings. The minimum Gasteiger partial charge on any atom is -0.316 e. The van der Waals surface area contributed by atoms with Crippen molar-refractivity contribution < 1.29 is 4.79 Å². The van der Waals surface area contributed by atoms with Gasteiger partial charge in [0.15, 0.2) is 0 Å². The quantitative estimate of drug-likeness (QED) is 0.250. The molecule has 0 radical (unpaired) electrons. The molecular formula is C6H13N3O. The number of rotatable bonds is 1. The van der Waals surface area contributed by atoms with Crippen molar-refractivity contribution in [2.45, 2.75) is 13.3 Å². The molecular weight excluding hydrogens is 130 g/mol. The maximum atomic E-state index is 11.1. The van der Waals surface area contributed by atoms with Crippen molar-refractivity contribution in [1.29, 1.82) is 0 Å². The molecule has 1 unspecified atom stereocenters. The highest BCUT2D eigenvalue weighted by Gasteiger charge is 2.35. The summed E-state index contributed by atoms with van der Waals surface area (Å²) in [6, 6.07) is 0. The van der Waals surface area contributed by atoms with Crippen LogP contribution in [-0.4, -0.2) is 19.0 Å². The second-order valence-electron chi connectivity index (χ2n) is 2.96. The smallest absolute Gasteiger partial charge is 0.241 e. The normalized spacial score (nSPS) is 32.2. The Morgan fingerprint density at radius 1 is 1.80 bits per heavy atom. The summed E-state index contributed by atoms with van der Waals surface area (Å²) in [5, 5.41) is 3.11. The molecule has 1 aliphatic heterocycles. The van der Waals surface area contributed by atoms with E-state index in [0.29, 0.717) is 0 Å². The van der Waals surface area contributed by atoms with Gasteiger partial charge in [-0.2, -0.15) is 0 Å². The van der Waals surface area contributed by atoms with Crippen molar-refractivity contribution in [2.75, 3.05) is 13.1 Å². The van der Waals surface area contributed by atoms with Gasteiger partial charge in [-0.25, -0.2) is 5.84 Å². The first-order valence-corrected chi connectivity index (χ1v) is 3.41. The van der Waals surface area contributed by atoms with Gasteiger partial charge in [-0.05, 0) is 19.9 Å². The molecule has 1 saturated heterocycles. The highest BCUT2D eigenvalue weighted by molar-refractivity contribution is 5.82. The second kappa shape index (κ2) is 2.56. The molecule has 10 heavy (non-hydrogen) atoms. The Kier molecular flexibility index (Phi) is 1.92. The zero-order chi connectivity index (χ0) is 7.61. The van der Waals surface area contributed by atoms with Crippen LogP contribution in [0.15, 0.2) is 0 Å². The zero-order valence-electron chi connectivity index (χ0n) is 6.11. The van der Waals surface area contributed by atoms with Crippen molar-refractivity contribution in [3.05, 3.63) is 0 Å². The molecule has 0 bridgehead atoms. The maximum absolute atomic E-state index is 11.1. The highest BCUT2D eigenvalue weighted by atomic mass is 16.2. The average molecular weight is 143 g/mol. The fourth-order valence-corrected chi connectivity index (χ4v) is 1.18. The van der Waals surface area contributed by atoms with E-state index in [-0.39, 0.29) is 11.3 Å². The molecule has 58 valence electrons. The minimum absolute atomic E-state index is 0.0718. The van der Waals surface area contributed by atoms with E-state index < -0.39 is 0 Å². The van der Waals surface area contributed by atoms with Crippen LogP contribution in [-0.2, 0) is 4.79 Å². The summed E-state index contributed by atoms with van der Waals surface area (Å²) in [4.78, 5) is 11.1. The van der Waals surface area contributed by atoms with Gasteiger partial charge in [-0.1, -0.05) is 0 Å². The number of carbonyl (C=O) groups is 1. The lowest BCUT2D eigenvalue weighted by atomic mass is 9.89. The highest BCUT2D eigenvalue weighted by Crippen LogP contribution is 2.23. The summed E-state index contributed by atoms with van der Waals surface area (Å²) >= 11 is 0. The summed E-state index contributed by atoms with van der Waals surface area (Å²) in [5.74, 6) is 4.94. The molecule has 1 rings (SSSR count). The molecule has 1 heterocycles. The summed E-state index contributed by atoms with van der Waals surface area (Å²) in [6.07, 6.45) is 0.871. The van der Waals surface area contributed by atoms with Crippen LogP contribution in [0, 0.1) is 5.41 Å². The van der Waals surface area contributed by atoms with E-state index in [2.05, 4.69) is 10.7 Å². The number of amides is 1. The third kappa shape index (κ3) is 1.12. The Hall–Kier alpha value is -0.610. The molecule has 1 amide bonds. The van der Waals surface area contributed by atoms with E-state index >= 15 is 0 Å². The van der Waals surface area contributed by atoms with Crippen molar-refractivity contribution >= 4 is 5.91 Å². The van der Waals surface area contributed by atoms with Crippen LogP contribution < -0.4 is 16.6 Å². The van der Waals surface area contributed by atoms with E-state index in [1.807, 2.05) is 6.92 Å². The van der Waals surface area contributed by atoms with Gasteiger partial charge < -0.3 is 5.32 Å². The van der Waals surface area contributed by atoms with Crippen molar-refractivity contribution in [3.63, 3.8) is 0 Å². The maximum Gasteiger partial charge on any atom is 0.241 e. The molecule has 0 aromatic heterocycles. The molecule has 4 N–H and O–H groups in total. The predicted molar refractivity (Wildman–Crippen MR) is 37.9 cm³/mol. The number of nitrogens with two attached hydrogens (primary N) is 1. The third-order valence-corrected chi connectivity index (χ3v) is 2.05. The van der Waals surface area contributed by atoms with Crippen molar-refractivity contribution in [2.24, 2.45) is 11.3 Å². The van der Waals surface area contributed by atoms with Crippen LogP contribution in [0.4, 0.5) is 0 Å². The summed E-state index contributed by atoms with van der Waals surface area (Å²) in [5.41, 5.74) is 1.89. The van der Waals surface area contributed by atoms with Crippen LogP contribution in [0.1, 0.15) is 13.3 Å². The minimum atomic E-state index is -0.283. The summed E-state index contributed by atoms with van der Waals surface area (Å²) in [6.45, 7) is 3.55. The average Bonchev–Trinajstić information content (AvgIpc) is 2.36. The number of hydrogen-bond acceptors (Lipinski definition) is 3. The van der Waals surface area contributed by atoms with Crippen LogP contribution in [0.2, 0.25) is 0 Å². The van der Waals surface area contributed by atoms with Gasteiger partial charge in [-0.3, -0.25) is 10.2 Å². The summed E-state index contributed by atoms with van der Waals surface area (Å²) < 4.78 is 0. The first-order valence-electron chi connectivity index (χ1n) is 3.41. The first kappa shape index (κ1) is 7.50. The van der Waals surface area contributed by atoms with Gasteiger partial charge in [0, 0.05) is 6.54 Å². The van der Waals surface area contributed by atoms with E-state index in [1.165, 1.54) is 0 Å². The van der Waals surface area contributed by atoms with Gasteiger partial charge in [0.2, 0.25) is 5.91 Å². The molecule has 4 nitrogen and oxygen atoms in total. The van der Waals surface area contributed by atoms with Crippen LogP contribution in [0.5, 0.6) is 0 Å². The van der Waals surface area contributed by atoms with E-state index in [9.17, 15) is 4.79 Å². The largest absolute Gasteiger partial charge is 0.316 e. The molecule has 1 atom stereocenters. The number of carbonyl (C=O) groups excluding carboxylic acids is 1. The Bertz CT molecular complexity index is 140. The molecule has 0 aliphatic carbocycles. The third-order valence-electron chi connectivity index (χ3n) is 2.05. The van der Waals surface area contributed by atoms with Gasteiger partial charge in [-0.15, -0.1) is 0 Å². The molecule has 1 fully saturated rings. The topological polar surface area (TPSA) is 67.2 Å². The Labute approximate surface area is 60.1 Å². The van der Waals surface area contributed by atoms with E-state index in [1.54, 1.807) is 0 Å². The Morgan fingerprint density at radius 2 is 2.50 bits per heavy atom. The second-order valence-corrected chi connectivity index (χ2v) is 2.96. The lowest BCUT2D eigenvalue weighted by molar-refractivity contribution is -0.129. The zero-order valence-corrected chi connectivity index (χ0v) is 6.11. The van der Waals surface area contributed by atoms with Gasteiger partial charge in [0.1, 0.15) is 0 Å². The van der Waals surface area contributed by atoms with Crippen LogP contribution in [0.3, 0.4) is 0 Å². The molecule has 1 aliphatic rings. The predicted octanol–water partition coefficient (Wildman–Crippen LogP) is -1.02. The first-order chi connectivity index (χ1) is 4.69. The van der Waals surface area contributed by atoms with Gasteiger partial charge in [0.05, 0.1) is 5.41 Å². The Balaban J connectivity index is 2.58. The monoisotopic (exact) mass is 143 g/mol. The lowest BCUT2D eigenvalue weighted by Gasteiger charge is -2.18. The SMILES string of the molecule is CC1(C(=O)NN)CCNC1. The van der Waals surface area contributed by atoms with Crippen LogP contribution >= 0.6 is 0 Å². The Morgan fingerprint density at radius 3 is 2.90 bits per heavy atom. The van der Waals surface area contributed by atoms with E-state index in [4.69, 9.17) is 5.84 Å². The number of hydrazine groups is 1. The number of nitrogens with one attached hydrogen (secondary N) is 2. The van der Waals surface area contributed by atoms with Crippen molar-refractivity contribution in [1.82, 2.24) is 10.7 Å². The fourth-order valence-electron chi connectivity index (χ4n) is 1.18. The van der Waals surface area contributed by atoms with E-state index in [0.717, 1.165) is 19.5 Å². The molecule has 0 aromatic carbocycles. The molecule has 0 spiro atoms. The lowest BCUT2D eigenvalue weighted by Crippen LogP contribution is -2.43. The van der Waals surface area contributed by atoms with Gasteiger partial charge in [0.25, 0.3) is 0 Å². The fraction of sp³-hybridized carbons (Fsp3) is 0.833. The van der Waals surface area contributed by atoms with Crippen molar-refractivity contribution in [3.8, 4) is 0 Å². The van der Waals surface area contributed by atoms with Crippen LogP contribution in [0.25, 0.3) is 0 Å². The summed E-state index contributed by atoms with van der Waals surface area (Å²) in [7, 11) is 0. The number of hydrogen-bond donors (Lipinski definition) is 3. The standard InChI is InChI=1S/C6H13N3O/c1-6(5(10)9-7)2-3-8-4-6/h8H,2-4,7H2,1H3,(H,9,10). The molecule has 4 heteroatoms. The molecule has 0 saturated carbocycles.